The molecule has 5 nitrogen and oxygen atoms in total. The van der Waals surface area contributed by atoms with Gasteiger partial charge in [0.1, 0.15) is 0 Å². The number of anilines is 2. The van der Waals surface area contributed by atoms with Gasteiger partial charge in [0.05, 0.1) is 5.56 Å². The van der Waals surface area contributed by atoms with E-state index in [0.717, 1.165) is 44.8 Å². The monoisotopic (exact) mass is 414 g/mol. The first-order valence-corrected chi connectivity index (χ1v) is 10.9. The topological polar surface area (TPSA) is 61.6 Å². The van der Waals surface area contributed by atoms with Crippen molar-refractivity contribution in [3.05, 3.63) is 96.1 Å². The molecule has 3 N–H and O–H groups in total. The fourth-order valence-electron chi connectivity index (χ4n) is 4.28. The highest BCUT2D eigenvalue weighted by Gasteiger charge is 2.24. The molecule has 1 amide bonds. The number of rotatable bonds is 8. The minimum atomic E-state index is -0.404. The number of para-hydroxylation sites is 2. The van der Waals surface area contributed by atoms with Crippen LogP contribution in [0.1, 0.15) is 15.9 Å². The van der Waals surface area contributed by atoms with Gasteiger partial charge in [-0.05, 0) is 36.2 Å². The van der Waals surface area contributed by atoms with Gasteiger partial charge >= 0.3 is 0 Å². The maximum atomic E-state index is 11.8. The smallest absolute Gasteiger partial charge is 0.250 e. The second kappa shape index (κ2) is 10.1. The lowest BCUT2D eigenvalue weighted by Crippen LogP contribution is -2.53. The highest BCUT2D eigenvalue weighted by Crippen LogP contribution is 2.20. The van der Waals surface area contributed by atoms with Crippen molar-refractivity contribution in [1.82, 2.24) is 4.90 Å². The van der Waals surface area contributed by atoms with Crippen molar-refractivity contribution in [2.24, 2.45) is 5.73 Å². The van der Waals surface area contributed by atoms with E-state index in [1.807, 2.05) is 18.2 Å². The van der Waals surface area contributed by atoms with Gasteiger partial charge in [0.15, 0.2) is 0 Å². The van der Waals surface area contributed by atoms with Crippen LogP contribution in [0, 0.1) is 0 Å². The Balaban J connectivity index is 1.45. The Kier molecular flexibility index (Phi) is 6.85. The minimum absolute atomic E-state index is 0.321. The second-order valence-corrected chi connectivity index (χ2v) is 7.99. The lowest BCUT2D eigenvalue weighted by molar-refractivity contribution is 0.100. The number of carbonyl (C=O) groups excluding carboxylic acids is 1. The average Bonchev–Trinajstić information content (AvgIpc) is 2.83. The highest BCUT2D eigenvalue weighted by atomic mass is 16.1. The Morgan fingerprint density at radius 3 is 2.13 bits per heavy atom. The Morgan fingerprint density at radius 1 is 0.839 bits per heavy atom. The van der Waals surface area contributed by atoms with Crippen molar-refractivity contribution in [2.75, 3.05) is 42.9 Å². The Bertz CT molecular complexity index is 969. The van der Waals surface area contributed by atoms with E-state index in [9.17, 15) is 4.79 Å². The molecule has 160 valence electrons. The fourth-order valence-corrected chi connectivity index (χ4v) is 4.28. The lowest BCUT2D eigenvalue weighted by Gasteiger charge is -2.40. The molecule has 1 fully saturated rings. The summed E-state index contributed by atoms with van der Waals surface area (Å²) in [5, 5.41) is 3.50. The summed E-state index contributed by atoms with van der Waals surface area (Å²) in [6, 6.07) is 29.0. The molecule has 3 aromatic rings. The lowest BCUT2D eigenvalue weighted by atomic mass is 10.0. The number of hydrogen-bond acceptors (Lipinski definition) is 4. The van der Waals surface area contributed by atoms with E-state index >= 15 is 0 Å². The van der Waals surface area contributed by atoms with Crippen LogP contribution in [0.2, 0.25) is 0 Å². The van der Waals surface area contributed by atoms with Crippen LogP contribution in [-0.2, 0) is 6.42 Å². The number of amides is 1. The summed E-state index contributed by atoms with van der Waals surface area (Å²) >= 11 is 0. The molecule has 0 radical (unpaired) electrons. The third-order valence-electron chi connectivity index (χ3n) is 5.99. The van der Waals surface area contributed by atoms with E-state index in [0.29, 0.717) is 11.6 Å². The third-order valence-corrected chi connectivity index (χ3v) is 5.99. The summed E-state index contributed by atoms with van der Waals surface area (Å²) in [6.45, 7) is 4.78. The SMILES string of the molecule is NC(=O)c1ccccc1NCC(Cc1ccccc1)N1CCN(c2ccccc2)CC1. The van der Waals surface area contributed by atoms with Crippen molar-refractivity contribution < 1.29 is 4.79 Å². The third kappa shape index (κ3) is 5.44. The first-order chi connectivity index (χ1) is 15.2. The number of nitrogens with zero attached hydrogens (tertiary/aromatic N) is 2. The quantitative estimate of drug-likeness (QED) is 0.591. The van der Waals surface area contributed by atoms with Gasteiger partial charge in [-0.15, -0.1) is 0 Å². The molecule has 0 bridgehead atoms. The summed E-state index contributed by atoms with van der Waals surface area (Å²) in [4.78, 5) is 16.8. The highest BCUT2D eigenvalue weighted by molar-refractivity contribution is 5.98. The van der Waals surface area contributed by atoms with Crippen molar-refractivity contribution in [3.63, 3.8) is 0 Å². The molecule has 1 aliphatic rings. The van der Waals surface area contributed by atoms with Crippen LogP contribution in [0.5, 0.6) is 0 Å². The van der Waals surface area contributed by atoms with E-state index in [1.165, 1.54) is 11.3 Å². The summed E-state index contributed by atoms with van der Waals surface area (Å²) in [5.74, 6) is -0.404. The van der Waals surface area contributed by atoms with Crippen molar-refractivity contribution in [3.8, 4) is 0 Å². The number of nitrogens with two attached hydrogens (primary N) is 1. The average molecular weight is 415 g/mol. The molecular weight excluding hydrogens is 384 g/mol. The predicted octanol–water partition coefficient (Wildman–Crippen LogP) is 3.63. The van der Waals surface area contributed by atoms with Crippen molar-refractivity contribution >= 4 is 17.3 Å². The van der Waals surface area contributed by atoms with Crippen LogP contribution < -0.4 is 16.0 Å². The standard InChI is InChI=1S/C26H30N4O/c27-26(31)24-13-7-8-14-25(24)28-20-23(19-21-9-3-1-4-10-21)30-17-15-29(16-18-30)22-11-5-2-6-12-22/h1-14,23,28H,15-20H2,(H2,27,31). The van der Waals surface area contributed by atoms with Crippen LogP contribution >= 0.6 is 0 Å². The van der Waals surface area contributed by atoms with Crippen molar-refractivity contribution in [1.29, 1.82) is 0 Å². The summed E-state index contributed by atoms with van der Waals surface area (Å²) < 4.78 is 0. The first kappa shape index (κ1) is 20.9. The van der Waals surface area contributed by atoms with Gasteiger partial charge in [-0.3, -0.25) is 9.69 Å². The number of primary amides is 1. The van der Waals surface area contributed by atoms with Gasteiger partial charge in [0.25, 0.3) is 5.91 Å². The van der Waals surface area contributed by atoms with Crippen molar-refractivity contribution in [2.45, 2.75) is 12.5 Å². The van der Waals surface area contributed by atoms with Gasteiger partial charge in [0, 0.05) is 50.1 Å². The largest absolute Gasteiger partial charge is 0.383 e. The number of benzene rings is 3. The Morgan fingerprint density at radius 2 is 1.45 bits per heavy atom. The van der Waals surface area contributed by atoms with E-state index in [2.05, 4.69) is 75.8 Å². The zero-order valence-corrected chi connectivity index (χ0v) is 17.8. The molecule has 1 heterocycles. The molecule has 1 atom stereocenters. The molecule has 5 heteroatoms. The molecule has 1 unspecified atom stereocenters. The second-order valence-electron chi connectivity index (χ2n) is 7.99. The van der Waals surface area contributed by atoms with Gasteiger partial charge in [-0.1, -0.05) is 60.7 Å². The molecule has 0 aromatic heterocycles. The van der Waals surface area contributed by atoms with Gasteiger partial charge in [-0.25, -0.2) is 0 Å². The summed E-state index contributed by atoms with van der Waals surface area (Å²) in [6.07, 6.45) is 0.956. The van der Waals surface area contributed by atoms with Gasteiger partial charge in [-0.2, -0.15) is 0 Å². The zero-order valence-electron chi connectivity index (χ0n) is 17.8. The molecule has 0 aliphatic carbocycles. The summed E-state index contributed by atoms with van der Waals surface area (Å²) in [5.41, 5.74) is 9.51. The van der Waals surface area contributed by atoms with E-state index in [4.69, 9.17) is 5.73 Å². The van der Waals surface area contributed by atoms with Gasteiger partial charge < -0.3 is 16.0 Å². The molecule has 1 saturated heterocycles. The minimum Gasteiger partial charge on any atom is -0.383 e. The molecular formula is C26H30N4O. The molecule has 31 heavy (non-hydrogen) atoms. The van der Waals surface area contributed by atoms with Crippen LogP contribution in [-0.4, -0.2) is 49.6 Å². The number of nitrogens with one attached hydrogen (secondary N) is 1. The Labute approximate surface area is 184 Å². The Hall–Kier alpha value is -3.31. The molecule has 0 spiro atoms. The normalized spacial score (nSPS) is 15.4. The van der Waals surface area contributed by atoms with Crippen LogP contribution in [0.4, 0.5) is 11.4 Å². The molecule has 4 rings (SSSR count). The summed E-state index contributed by atoms with van der Waals surface area (Å²) in [7, 11) is 0. The van der Waals surface area contributed by atoms with E-state index < -0.39 is 5.91 Å². The van der Waals surface area contributed by atoms with Crippen LogP contribution in [0.3, 0.4) is 0 Å². The van der Waals surface area contributed by atoms with E-state index in [-0.39, 0.29) is 0 Å². The van der Waals surface area contributed by atoms with E-state index in [1.54, 1.807) is 6.07 Å². The first-order valence-electron chi connectivity index (χ1n) is 10.9. The number of piperazine rings is 1. The maximum Gasteiger partial charge on any atom is 0.250 e. The van der Waals surface area contributed by atoms with Crippen LogP contribution in [0.25, 0.3) is 0 Å². The molecule has 1 aliphatic heterocycles. The fraction of sp³-hybridized carbons (Fsp3) is 0.269. The number of hydrogen-bond donors (Lipinski definition) is 2. The van der Waals surface area contributed by atoms with Crippen LogP contribution in [0.15, 0.2) is 84.9 Å². The predicted molar refractivity (Wildman–Crippen MR) is 128 cm³/mol. The molecule has 3 aromatic carbocycles. The number of carbonyl (C=O) groups is 1. The zero-order chi connectivity index (χ0) is 21.5. The molecule has 0 saturated carbocycles. The van der Waals surface area contributed by atoms with Gasteiger partial charge in [0.2, 0.25) is 0 Å². The maximum absolute atomic E-state index is 11.8.